The lowest BCUT2D eigenvalue weighted by Gasteiger charge is -2.18. The molecule has 1 atom stereocenters. The van der Waals surface area contributed by atoms with E-state index in [1.807, 2.05) is 39.0 Å². The molecule has 0 bridgehead atoms. The molecule has 134 valence electrons. The maximum atomic E-state index is 12.3. The number of nitrogens with one attached hydrogen (secondary N) is 2. The van der Waals surface area contributed by atoms with Crippen LogP contribution in [0.3, 0.4) is 0 Å². The second-order valence-corrected chi connectivity index (χ2v) is 7.46. The SMILES string of the molecule is CCc1cccc(C)c1NC(=O)NC(C)c1ccc(S(N)(=O)=O)cc1. The van der Waals surface area contributed by atoms with Crippen molar-refractivity contribution in [1.29, 1.82) is 0 Å². The summed E-state index contributed by atoms with van der Waals surface area (Å²) in [7, 11) is -3.72. The van der Waals surface area contributed by atoms with Crippen LogP contribution in [0.5, 0.6) is 0 Å². The number of carbonyl (C=O) groups is 1. The Kier molecular flexibility index (Phi) is 5.81. The van der Waals surface area contributed by atoms with E-state index in [1.54, 1.807) is 12.1 Å². The first kappa shape index (κ1) is 19.0. The molecule has 2 aromatic carbocycles. The van der Waals surface area contributed by atoms with Gasteiger partial charge in [-0.2, -0.15) is 0 Å². The Hall–Kier alpha value is -2.38. The average Bonchev–Trinajstić information content (AvgIpc) is 2.56. The van der Waals surface area contributed by atoms with Crippen LogP contribution in [0.4, 0.5) is 10.5 Å². The van der Waals surface area contributed by atoms with E-state index in [-0.39, 0.29) is 17.0 Å². The number of hydrogen-bond donors (Lipinski definition) is 3. The normalized spacial score (nSPS) is 12.5. The molecule has 4 N–H and O–H groups in total. The van der Waals surface area contributed by atoms with Crippen LogP contribution in [0.2, 0.25) is 0 Å². The zero-order valence-corrected chi connectivity index (χ0v) is 15.4. The number of amides is 2. The van der Waals surface area contributed by atoms with E-state index in [9.17, 15) is 13.2 Å². The first-order chi connectivity index (χ1) is 11.7. The van der Waals surface area contributed by atoms with Gasteiger partial charge in [0.1, 0.15) is 0 Å². The zero-order chi connectivity index (χ0) is 18.6. The van der Waals surface area contributed by atoms with Crippen molar-refractivity contribution >= 4 is 21.7 Å². The third kappa shape index (κ3) is 4.80. The molecule has 2 rings (SSSR count). The van der Waals surface area contributed by atoms with Crippen LogP contribution in [0.15, 0.2) is 47.4 Å². The molecule has 0 aliphatic rings. The van der Waals surface area contributed by atoms with E-state index < -0.39 is 10.0 Å². The summed E-state index contributed by atoms with van der Waals surface area (Å²) in [6.45, 7) is 5.81. The van der Waals surface area contributed by atoms with E-state index in [2.05, 4.69) is 10.6 Å². The monoisotopic (exact) mass is 361 g/mol. The number of primary sulfonamides is 1. The van der Waals surface area contributed by atoms with Gasteiger partial charge in [0.05, 0.1) is 10.9 Å². The lowest BCUT2D eigenvalue weighted by Crippen LogP contribution is -2.31. The molecule has 2 amide bonds. The van der Waals surface area contributed by atoms with Gasteiger partial charge in [-0.05, 0) is 49.1 Å². The highest BCUT2D eigenvalue weighted by molar-refractivity contribution is 7.89. The maximum absolute atomic E-state index is 12.3. The smallest absolute Gasteiger partial charge is 0.319 e. The summed E-state index contributed by atoms with van der Waals surface area (Å²) >= 11 is 0. The van der Waals surface area contributed by atoms with Gasteiger partial charge in [-0.25, -0.2) is 18.4 Å². The first-order valence-corrected chi connectivity index (χ1v) is 9.55. The highest BCUT2D eigenvalue weighted by atomic mass is 32.2. The molecule has 0 aliphatic heterocycles. The topological polar surface area (TPSA) is 101 Å². The summed E-state index contributed by atoms with van der Waals surface area (Å²) in [6.07, 6.45) is 0.821. The fraction of sp³-hybridized carbons (Fsp3) is 0.278. The highest BCUT2D eigenvalue weighted by Crippen LogP contribution is 2.21. The van der Waals surface area contributed by atoms with Crippen LogP contribution in [0, 0.1) is 6.92 Å². The maximum Gasteiger partial charge on any atom is 0.319 e. The van der Waals surface area contributed by atoms with Gasteiger partial charge < -0.3 is 10.6 Å². The Morgan fingerprint density at radius 1 is 1.16 bits per heavy atom. The minimum atomic E-state index is -3.72. The molecule has 1 unspecified atom stereocenters. The first-order valence-electron chi connectivity index (χ1n) is 8.01. The highest BCUT2D eigenvalue weighted by Gasteiger charge is 2.13. The number of carbonyl (C=O) groups excluding carboxylic acids is 1. The number of aryl methyl sites for hydroxylation is 2. The van der Waals surface area contributed by atoms with E-state index in [1.165, 1.54) is 12.1 Å². The number of nitrogens with two attached hydrogens (primary N) is 1. The standard InChI is InChI=1S/C18H23N3O3S/c1-4-14-7-5-6-12(2)17(14)21-18(22)20-13(3)15-8-10-16(11-9-15)25(19,23)24/h5-11,13H,4H2,1-3H3,(H2,19,23,24)(H2,20,21,22). The molecular formula is C18H23N3O3S. The number of urea groups is 1. The molecule has 0 saturated heterocycles. The molecule has 6 nitrogen and oxygen atoms in total. The van der Waals surface area contributed by atoms with E-state index in [0.29, 0.717) is 0 Å². The van der Waals surface area contributed by atoms with Crippen LogP contribution >= 0.6 is 0 Å². The summed E-state index contributed by atoms with van der Waals surface area (Å²) in [6, 6.07) is 11.4. The molecule has 0 heterocycles. The molecule has 2 aromatic rings. The van der Waals surface area contributed by atoms with Gasteiger partial charge in [0, 0.05) is 5.69 Å². The van der Waals surface area contributed by atoms with E-state index >= 15 is 0 Å². The number of anilines is 1. The molecule has 25 heavy (non-hydrogen) atoms. The van der Waals surface area contributed by atoms with Gasteiger partial charge in [-0.3, -0.25) is 0 Å². The van der Waals surface area contributed by atoms with Gasteiger partial charge in [-0.1, -0.05) is 37.3 Å². The minimum Gasteiger partial charge on any atom is -0.331 e. The largest absolute Gasteiger partial charge is 0.331 e. The lowest BCUT2D eigenvalue weighted by molar-refractivity contribution is 0.249. The van der Waals surface area contributed by atoms with Gasteiger partial charge in [0.15, 0.2) is 0 Å². The Balaban J connectivity index is 2.08. The average molecular weight is 361 g/mol. The van der Waals surface area contributed by atoms with Crippen LogP contribution in [0.25, 0.3) is 0 Å². The summed E-state index contributed by atoms with van der Waals surface area (Å²) in [4.78, 5) is 12.3. The van der Waals surface area contributed by atoms with Crippen molar-refractivity contribution in [3.8, 4) is 0 Å². The van der Waals surface area contributed by atoms with Crippen molar-refractivity contribution < 1.29 is 13.2 Å². The predicted molar refractivity (Wildman–Crippen MR) is 98.9 cm³/mol. The lowest BCUT2D eigenvalue weighted by atomic mass is 10.1. The Bertz CT molecular complexity index is 862. The van der Waals surface area contributed by atoms with Gasteiger partial charge in [0.25, 0.3) is 0 Å². The van der Waals surface area contributed by atoms with E-state index in [4.69, 9.17) is 5.14 Å². The summed E-state index contributed by atoms with van der Waals surface area (Å²) in [5.74, 6) is 0. The van der Waals surface area contributed by atoms with Crippen molar-refractivity contribution in [3.63, 3.8) is 0 Å². The van der Waals surface area contributed by atoms with Crippen LogP contribution in [-0.2, 0) is 16.4 Å². The van der Waals surface area contributed by atoms with Crippen molar-refractivity contribution in [1.82, 2.24) is 5.32 Å². The number of para-hydroxylation sites is 1. The zero-order valence-electron chi connectivity index (χ0n) is 14.5. The quantitative estimate of drug-likeness (QED) is 0.762. The molecule has 0 saturated carbocycles. The molecule has 0 fully saturated rings. The third-order valence-electron chi connectivity index (χ3n) is 4.03. The van der Waals surface area contributed by atoms with Gasteiger partial charge >= 0.3 is 6.03 Å². The summed E-state index contributed by atoms with van der Waals surface area (Å²) < 4.78 is 22.6. The third-order valence-corrected chi connectivity index (χ3v) is 4.96. The van der Waals surface area contributed by atoms with Crippen LogP contribution in [0.1, 0.15) is 36.6 Å². The van der Waals surface area contributed by atoms with E-state index in [0.717, 1.165) is 28.8 Å². The molecule has 0 spiro atoms. The van der Waals surface area contributed by atoms with Crippen LogP contribution in [-0.4, -0.2) is 14.4 Å². The molecule has 0 aromatic heterocycles. The second-order valence-electron chi connectivity index (χ2n) is 5.90. The summed E-state index contributed by atoms with van der Waals surface area (Å²) in [5, 5.41) is 10.8. The van der Waals surface area contributed by atoms with Gasteiger partial charge in [0.2, 0.25) is 10.0 Å². The van der Waals surface area contributed by atoms with Crippen molar-refractivity contribution in [2.75, 3.05) is 5.32 Å². The fourth-order valence-corrected chi connectivity index (χ4v) is 3.09. The Morgan fingerprint density at radius 3 is 2.36 bits per heavy atom. The molecule has 7 heteroatoms. The number of hydrogen-bond acceptors (Lipinski definition) is 3. The van der Waals surface area contributed by atoms with Crippen molar-refractivity contribution in [2.45, 2.75) is 38.1 Å². The van der Waals surface area contributed by atoms with Crippen molar-refractivity contribution in [3.05, 3.63) is 59.2 Å². The predicted octanol–water partition coefficient (Wildman–Crippen LogP) is 3.09. The van der Waals surface area contributed by atoms with Gasteiger partial charge in [-0.15, -0.1) is 0 Å². The summed E-state index contributed by atoms with van der Waals surface area (Å²) in [5.41, 5.74) is 3.67. The second kappa shape index (κ2) is 7.67. The number of rotatable bonds is 5. The molecule has 0 radical (unpaired) electrons. The number of sulfonamides is 1. The molecule has 0 aliphatic carbocycles. The minimum absolute atomic E-state index is 0.0420. The Morgan fingerprint density at radius 2 is 1.80 bits per heavy atom. The fourth-order valence-electron chi connectivity index (χ4n) is 2.58. The Labute approximate surface area is 148 Å². The van der Waals surface area contributed by atoms with Crippen molar-refractivity contribution in [2.24, 2.45) is 5.14 Å². The number of benzene rings is 2. The molecular weight excluding hydrogens is 338 g/mol. The van der Waals surface area contributed by atoms with Crippen LogP contribution < -0.4 is 15.8 Å².